The molecule has 6 heteroatoms. The van der Waals surface area contributed by atoms with Gasteiger partial charge in [0.1, 0.15) is 5.82 Å². The van der Waals surface area contributed by atoms with Crippen molar-refractivity contribution in [2.24, 2.45) is 0 Å². The van der Waals surface area contributed by atoms with Crippen molar-refractivity contribution < 1.29 is 4.79 Å². The topological polar surface area (TPSA) is 66.9 Å². The average molecular weight is 427 g/mol. The van der Waals surface area contributed by atoms with Crippen LogP contribution in [0, 0.1) is 0 Å². The number of benzene rings is 3. The van der Waals surface area contributed by atoms with Gasteiger partial charge in [0.2, 0.25) is 0 Å². The zero-order valence-electron chi connectivity index (χ0n) is 17.1. The second-order valence-electron chi connectivity index (χ2n) is 6.87. The third kappa shape index (κ3) is 5.49. The van der Waals surface area contributed by atoms with Gasteiger partial charge in [-0.1, -0.05) is 48.5 Å². The maximum atomic E-state index is 12.6. The monoisotopic (exact) mass is 426 g/mol. The molecule has 154 valence electrons. The van der Waals surface area contributed by atoms with Crippen molar-refractivity contribution in [3.8, 4) is 11.4 Å². The Balaban J connectivity index is 1.42. The summed E-state index contributed by atoms with van der Waals surface area (Å²) >= 11 is 1.70. The minimum Gasteiger partial charge on any atom is -0.348 e. The van der Waals surface area contributed by atoms with E-state index in [2.05, 4.69) is 32.7 Å². The quantitative estimate of drug-likeness (QED) is 0.380. The zero-order chi connectivity index (χ0) is 21.5. The summed E-state index contributed by atoms with van der Waals surface area (Å²) in [6.45, 7) is 0.484. The molecule has 0 fully saturated rings. The third-order valence-electron chi connectivity index (χ3n) is 4.70. The van der Waals surface area contributed by atoms with E-state index < -0.39 is 0 Å². The highest BCUT2D eigenvalue weighted by molar-refractivity contribution is 7.98. The molecule has 0 unspecified atom stereocenters. The molecule has 2 N–H and O–H groups in total. The lowest BCUT2D eigenvalue weighted by atomic mass is 10.1. The summed E-state index contributed by atoms with van der Waals surface area (Å²) in [5, 5.41) is 6.24. The summed E-state index contributed by atoms with van der Waals surface area (Å²) in [5.74, 6) is 1.19. The summed E-state index contributed by atoms with van der Waals surface area (Å²) in [6, 6.07) is 27.2. The predicted molar refractivity (Wildman–Crippen MR) is 127 cm³/mol. The fourth-order valence-electron chi connectivity index (χ4n) is 3.07. The number of aromatic nitrogens is 2. The molecule has 0 saturated carbocycles. The fourth-order valence-corrected chi connectivity index (χ4v) is 3.48. The highest BCUT2D eigenvalue weighted by Crippen LogP contribution is 2.20. The molecule has 31 heavy (non-hydrogen) atoms. The van der Waals surface area contributed by atoms with E-state index >= 15 is 0 Å². The van der Waals surface area contributed by atoms with Gasteiger partial charge >= 0.3 is 0 Å². The largest absolute Gasteiger partial charge is 0.348 e. The molecule has 0 aliphatic heterocycles. The lowest BCUT2D eigenvalue weighted by Crippen LogP contribution is -2.22. The Hall–Kier alpha value is -3.64. The summed E-state index contributed by atoms with van der Waals surface area (Å²) < 4.78 is 0. The van der Waals surface area contributed by atoms with Gasteiger partial charge in [-0.05, 0) is 48.2 Å². The van der Waals surface area contributed by atoms with Crippen LogP contribution < -0.4 is 10.6 Å². The molecule has 3 aromatic carbocycles. The van der Waals surface area contributed by atoms with Crippen LogP contribution in [-0.4, -0.2) is 22.1 Å². The van der Waals surface area contributed by atoms with Crippen LogP contribution in [-0.2, 0) is 6.54 Å². The molecule has 0 bridgehead atoms. The van der Waals surface area contributed by atoms with E-state index in [0.29, 0.717) is 23.8 Å². The van der Waals surface area contributed by atoms with Gasteiger partial charge in [0.15, 0.2) is 5.82 Å². The van der Waals surface area contributed by atoms with Gasteiger partial charge in [-0.3, -0.25) is 4.79 Å². The van der Waals surface area contributed by atoms with Crippen LogP contribution in [0.25, 0.3) is 11.4 Å². The number of amides is 1. The number of nitrogens with zero attached hydrogens (tertiary/aromatic N) is 2. The first-order valence-electron chi connectivity index (χ1n) is 9.88. The minimum absolute atomic E-state index is 0.120. The standard InChI is InChI=1S/C25H22N4OS/c1-31-22-12-10-18(11-13-22)17-27-25(30)20-8-5-9-21(16-20)28-23-14-15-26-24(29-23)19-6-3-2-4-7-19/h2-16H,17H2,1H3,(H,27,30)(H,26,28,29). The van der Waals surface area contributed by atoms with E-state index in [9.17, 15) is 4.79 Å². The summed E-state index contributed by atoms with van der Waals surface area (Å²) in [5.41, 5.74) is 3.39. The summed E-state index contributed by atoms with van der Waals surface area (Å²) in [7, 11) is 0. The van der Waals surface area contributed by atoms with Gasteiger partial charge in [-0.15, -0.1) is 11.8 Å². The van der Waals surface area contributed by atoms with E-state index in [1.165, 1.54) is 4.90 Å². The molecule has 0 radical (unpaired) electrons. The van der Waals surface area contributed by atoms with Gasteiger partial charge in [-0.2, -0.15) is 0 Å². The van der Waals surface area contributed by atoms with Crippen molar-refractivity contribution in [1.82, 2.24) is 15.3 Å². The SMILES string of the molecule is CSc1ccc(CNC(=O)c2cccc(Nc3ccnc(-c4ccccc4)n3)c2)cc1. The first kappa shape index (κ1) is 20.6. The Morgan fingerprint density at radius 2 is 1.74 bits per heavy atom. The second kappa shape index (κ2) is 9.91. The molecule has 4 aromatic rings. The number of carbonyl (C=O) groups excluding carboxylic acids is 1. The molecule has 1 aromatic heterocycles. The van der Waals surface area contributed by atoms with Crippen LogP contribution in [0.5, 0.6) is 0 Å². The molecule has 5 nitrogen and oxygen atoms in total. The molecule has 0 atom stereocenters. The molecular formula is C25H22N4OS. The molecule has 1 amide bonds. The Labute approximate surface area is 186 Å². The number of carbonyl (C=O) groups is 1. The predicted octanol–water partition coefficient (Wildman–Crippen LogP) is 5.54. The number of rotatable bonds is 7. The van der Waals surface area contributed by atoms with E-state index in [-0.39, 0.29) is 5.91 Å². The first-order chi connectivity index (χ1) is 15.2. The molecule has 1 heterocycles. The Morgan fingerprint density at radius 3 is 2.52 bits per heavy atom. The van der Waals surface area contributed by atoms with Crippen molar-refractivity contribution in [3.63, 3.8) is 0 Å². The Kier molecular flexibility index (Phi) is 6.59. The van der Waals surface area contributed by atoms with Crippen LogP contribution >= 0.6 is 11.8 Å². The second-order valence-corrected chi connectivity index (χ2v) is 7.75. The maximum absolute atomic E-state index is 12.6. The van der Waals surface area contributed by atoms with Gasteiger partial charge in [0.25, 0.3) is 5.91 Å². The number of nitrogens with one attached hydrogen (secondary N) is 2. The van der Waals surface area contributed by atoms with Gasteiger partial charge in [-0.25, -0.2) is 9.97 Å². The van der Waals surface area contributed by atoms with Crippen LogP contribution in [0.15, 0.2) is 96.0 Å². The molecule has 0 spiro atoms. The molecule has 0 saturated heterocycles. The number of anilines is 2. The highest BCUT2D eigenvalue weighted by Gasteiger charge is 2.08. The number of hydrogen-bond acceptors (Lipinski definition) is 5. The number of hydrogen-bond donors (Lipinski definition) is 2. The van der Waals surface area contributed by atoms with Crippen molar-refractivity contribution in [3.05, 3.63) is 102 Å². The fraction of sp³-hybridized carbons (Fsp3) is 0.0800. The van der Waals surface area contributed by atoms with Crippen LogP contribution in [0.3, 0.4) is 0 Å². The Bertz CT molecular complexity index is 1160. The van der Waals surface area contributed by atoms with Crippen molar-refractivity contribution >= 4 is 29.2 Å². The van der Waals surface area contributed by atoms with Crippen molar-refractivity contribution in [2.75, 3.05) is 11.6 Å². The maximum Gasteiger partial charge on any atom is 0.251 e. The van der Waals surface area contributed by atoms with E-state index in [4.69, 9.17) is 0 Å². The number of thioether (sulfide) groups is 1. The zero-order valence-corrected chi connectivity index (χ0v) is 17.9. The first-order valence-corrected chi connectivity index (χ1v) is 11.1. The highest BCUT2D eigenvalue weighted by atomic mass is 32.2. The van der Waals surface area contributed by atoms with E-state index in [1.807, 2.05) is 66.9 Å². The lowest BCUT2D eigenvalue weighted by Gasteiger charge is -2.10. The lowest BCUT2D eigenvalue weighted by molar-refractivity contribution is 0.0951. The van der Waals surface area contributed by atoms with E-state index in [0.717, 1.165) is 16.8 Å². The van der Waals surface area contributed by atoms with Gasteiger partial charge in [0.05, 0.1) is 0 Å². The third-order valence-corrected chi connectivity index (χ3v) is 5.44. The normalized spacial score (nSPS) is 10.5. The van der Waals surface area contributed by atoms with Crippen LogP contribution in [0.1, 0.15) is 15.9 Å². The van der Waals surface area contributed by atoms with Crippen LogP contribution in [0.2, 0.25) is 0 Å². The van der Waals surface area contributed by atoms with Crippen molar-refractivity contribution in [1.29, 1.82) is 0 Å². The van der Waals surface area contributed by atoms with Gasteiger partial charge < -0.3 is 10.6 Å². The summed E-state index contributed by atoms with van der Waals surface area (Å²) in [6.07, 6.45) is 3.76. The van der Waals surface area contributed by atoms with E-state index in [1.54, 1.807) is 30.1 Å². The molecule has 0 aliphatic carbocycles. The minimum atomic E-state index is -0.120. The average Bonchev–Trinajstić information content (AvgIpc) is 2.84. The van der Waals surface area contributed by atoms with Crippen molar-refractivity contribution in [2.45, 2.75) is 11.4 Å². The molecular weight excluding hydrogens is 404 g/mol. The molecule has 0 aliphatic rings. The Morgan fingerprint density at radius 1 is 0.935 bits per heavy atom. The van der Waals surface area contributed by atoms with Gasteiger partial charge in [0, 0.05) is 34.5 Å². The molecule has 4 rings (SSSR count). The smallest absolute Gasteiger partial charge is 0.251 e. The summed E-state index contributed by atoms with van der Waals surface area (Å²) in [4.78, 5) is 22.7. The van der Waals surface area contributed by atoms with Crippen LogP contribution in [0.4, 0.5) is 11.5 Å².